The summed E-state index contributed by atoms with van der Waals surface area (Å²) < 4.78 is 53.4. The number of hydrogen-bond donors (Lipinski definition) is 0. The highest BCUT2D eigenvalue weighted by Gasteiger charge is 2.34. The van der Waals surface area contributed by atoms with Crippen molar-refractivity contribution in [2.75, 3.05) is 57.9 Å². The van der Waals surface area contributed by atoms with Crippen molar-refractivity contribution in [1.82, 2.24) is 9.80 Å². The lowest BCUT2D eigenvalue weighted by molar-refractivity contribution is -0.274. The van der Waals surface area contributed by atoms with E-state index in [0.717, 1.165) is 46.8 Å². The number of hydrogen-bond acceptors (Lipinski definition) is 6. The molecule has 216 valence electrons. The minimum absolute atomic E-state index is 0.0432. The predicted octanol–water partition coefficient (Wildman–Crippen LogP) is 4.51. The molecule has 1 fully saturated rings. The fourth-order valence-corrected chi connectivity index (χ4v) is 4.98. The highest BCUT2D eigenvalue weighted by atomic mass is 19.4. The van der Waals surface area contributed by atoms with Gasteiger partial charge in [-0.05, 0) is 28.8 Å². The van der Waals surface area contributed by atoms with Crippen LogP contribution in [0.25, 0.3) is 11.1 Å². The zero-order valence-electron chi connectivity index (χ0n) is 22.5. The first kappa shape index (κ1) is 28.4. The molecule has 0 spiro atoms. The maximum absolute atomic E-state index is 13.7. The van der Waals surface area contributed by atoms with Crippen LogP contribution in [-0.4, -0.2) is 81.0 Å². The molecule has 1 saturated heterocycles. The molecule has 3 aromatic carbocycles. The van der Waals surface area contributed by atoms with Crippen molar-refractivity contribution in [3.8, 4) is 22.6 Å². The number of nitrogens with zero attached hydrogens (tertiary/aromatic N) is 3. The average molecular weight is 570 g/mol. The summed E-state index contributed by atoms with van der Waals surface area (Å²) in [6.07, 6.45) is -4.91. The maximum atomic E-state index is 13.7. The molecule has 8 nitrogen and oxygen atoms in total. The van der Waals surface area contributed by atoms with Gasteiger partial charge in [0.05, 0.1) is 24.9 Å². The molecule has 2 amide bonds. The van der Waals surface area contributed by atoms with Gasteiger partial charge < -0.3 is 19.1 Å². The Balaban J connectivity index is 1.38. The topological polar surface area (TPSA) is 71.6 Å². The standard InChI is InChI=1S/C30H30F3N3O5/c1-34(28(37)19-36-25-17-24(41-30(31,32)33)11-12-27(25)40-20-29(36)38)26(18-35-13-15-39-16-14-35)23-9-7-22(8-10-23)21-5-3-2-4-6-21/h2-12,17,26H,13-16,18-20H2,1H3. The van der Waals surface area contributed by atoms with Crippen LogP contribution in [0.2, 0.25) is 0 Å². The normalized spacial score (nSPS) is 16.5. The predicted molar refractivity (Wildman–Crippen MR) is 146 cm³/mol. The van der Waals surface area contributed by atoms with Crippen molar-refractivity contribution in [3.63, 3.8) is 0 Å². The Bertz CT molecular complexity index is 1360. The van der Waals surface area contributed by atoms with Crippen molar-refractivity contribution < 1.29 is 37.0 Å². The molecule has 41 heavy (non-hydrogen) atoms. The molecule has 0 radical (unpaired) electrons. The van der Waals surface area contributed by atoms with Gasteiger partial charge in [-0.1, -0.05) is 54.6 Å². The van der Waals surface area contributed by atoms with Crippen molar-refractivity contribution in [2.45, 2.75) is 12.4 Å². The van der Waals surface area contributed by atoms with Crippen molar-refractivity contribution in [1.29, 1.82) is 0 Å². The molecule has 0 aromatic heterocycles. The van der Waals surface area contributed by atoms with Crippen LogP contribution in [0.1, 0.15) is 11.6 Å². The summed E-state index contributed by atoms with van der Waals surface area (Å²) in [6.45, 7) is 2.48. The summed E-state index contributed by atoms with van der Waals surface area (Å²) in [7, 11) is 1.67. The SMILES string of the molecule is CN(C(=O)CN1C(=O)COc2ccc(OC(F)(F)F)cc21)C(CN1CCOCC1)c1ccc(-c2ccccc2)cc1. The fraction of sp³-hybridized carbons (Fsp3) is 0.333. The number of likely N-dealkylation sites (N-methyl/N-ethyl adjacent to an activating group) is 1. The van der Waals surface area contributed by atoms with Crippen LogP contribution in [0.5, 0.6) is 11.5 Å². The Labute approximate surface area is 235 Å². The number of alkyl halides is 3. The largest absolute Gasteiger partial charge is 0.573 e. The molecule has 1 unspecified atom stereocenters. The van der Waals surface area contributed by atoms with Crippen LogP contribution in [0.4, 0.5) is 18.9 Å². The van der Waals surface area contributed by atoms with Gasteiger partial charge in [0.2, 0.25) is 5.91 Å². The van der Waals surface area contributed by atoms with Crippen LogP contribution >= 0.6 is 0 Å². The molecule has 1 atom stereocenters. The van der Waals surface area contributed by atoms with Crippen molar-refractivity contribution in [2.24, 2.45) is 0 Å². The van der Waals surface area contributed by atoms with Gasteiger partial charge >= 0.3 is 6.36 Å². The van der Waals surface area contributed by atoms with E-state index < -0.39 is 18.0 Å². The summed E-state index contributed by atoms with van der Waals surface area (Å²) in [4.78, 5) is 31.4. The van der Waals surface area contributed by atoms with E-state index >= 15 is 0 Å². The van der Waals surface area contributed by atoms with E-state index in [1.54, 1.807) is 11.9 Å². The molecule has 0 aliphatic carbocycles. The van der Waals surface area contributed by atoms with Crippen molar-refractivity contribution >= 4 is 17.5 Å². The van der Waals surface area contributed by atoms with Gasteiger partial charge in [-0.15, -0.1) is 13.2 Å². The van der Waals surface area contributed by atoms with Gasteiger partial charge in [0.15, 0.2) is 6.61 Å². The number of rotatable bonds is 8. The summed E-state index contributed by atoms with van der Waals surface area (Å²) >= 11 is 0. The number of carbonyl (C=O) groups excluding carboxylic acids is 2. The van der Waals surface area contributed by atoms with Gasteiger partial charge in [0.1, 0.15) is 18.0 Å². The van der Waals surface area contributed by atoms with E-state index in [1.165, 1.54) is 6.07 Å². The number of amides is 2. The lowest BCUT2D eigenvalue weighted by Crippen LogP contribution is -2.48. The summed E-state index contributed by atoms with van der Waals surface area (Å²) in [5.41, 5.74) is 3.08. The number of anilines is 1. The van der Waals surface area contributed by atoms with E-state index in [2.05, 4.69) is 9.64 Å². The number of ether oxygens (including phenoxy) is 3. The van der Waals surface area contributed by atoms with Crippen LogP contribution in [-0.2, 0) is 14.3 Å². The van der Waals surface area contributed by atoms with E-state index in [4.69, 9.17) is 9.47 Å². The van der Waals surface area contributed by atoms with E-state index in [9.17, 15) is 22.8 Å². The van der Waals surface area contributed by atoms with E-state index in [0.29, 0.717) is 19.8 Å². The lowest BCUT2D eigenvalue weighted by Gasteiger charge is -2.37. The molecule has 2 aliphatic rings. The number of halogens is 3. The quantitative estimate of drug-likeness (QED) is 0.398. The number of fused-ring (bicyclic) bond motifs is 1. The van der Waals surface area contributed by atoms with Gasteiger partial charge in [0.25, 0.3) is 5.91 Å². The second kappa shape index (κ2) is 12.2. The smallest absolute Gasteiger partial charge is 0.482 e. The zero-order valence-corrected chi connectivity index (χ0v) is 22.5. The Morgan fingerprint density at radius 3 is 2.37 bits per heavy atom. The van der Waals surface area contributed by atoms with Crippen molar-refractivity contribution in [3.05, 3.63) is 78.4 Å². The van der Waals surface area contributed by atoms with Gasteiger partial charge in [-0.25, -0.2) is 0 Å². The molecule has 2 heterocycles. The monoisotopic (exact) mass is 569 g/mol. The Kier molecular flexibility index (Phi) is 8.46. The molecular formula is C30H30F3N3O5. The summed E-state index contributed by atoms with van der Waals surface area (Å²) in [6, 6.07) is 21.1. The van der Waals surface area contributed by atoms with Crippen LogP contribution in [0.15, 0.2) is 72.8 Å². The maximum Gasteiger partial charge on any atom is 0.573 e. The zero-order chi connectivity index (χ0) is 29.0. The molecule has 0 bridgehead atoms. The number of benzene rings is 3. The van der Waals surface area contributed by atoms with Crippen LogP contribution in [0.3, 0.4) is 0 Å². The van der Waals surface area contributed by atoms with Crippen LogP contribution < -0.4 is 14.4 Å². The van der Waals surface area contributed by atoms with Gasteiger partial charge in [0, 0.05) is 32.7 Å². The number of carbonyl (C=O) groups is 2. The Morgan fingerprint density at radius 1 is 1.00 bits per heavy atom. The molecular weight excluding hydrogens is 539 g/mol. The van der Waals surface area contributed by atoms with Gasteiger partial charge in [-0.2, -0.15) is 0 Å². The van der Waals surface area contributed by atoms with Crippen LogP contribution in [0, 0.1) is 0 Å². The first-order chi connectivity index (χ1) is 19.7. The minimum Gasteiger partial charge on any atom is -0.482 e. The first-order valence-corrected chi connectivity index (χ1v) is 13.2. The molecule has 3 aromatic rings. The molecule has 2 aliphatic heterocycles. The van der Waals surface area contributed by atoms with Gasteiger partial charge in [-0.3, -0.25) is 19.4 Å². The average Bonchev–Trinajstić information content (AvgIpc) is 2.97. The molecule has 0 saturated carbocycles. The summed E-state index contributed by atoms with van der Waals surface area (Å²) in [5.74, 6) is -1.24. The highest BCUT2D eigenvalue weighted by molar-refractivity contribution is 6.02. The third-order valence-corrected chi connectivity index (χ3v) is 7.20. The Morgan fingerprint density at radius 2 is 1.68 bits per heavy atom. The molecule has 11 heteroatoms. The first-order valence-electron chi connectivity index (χ1n) is 13.2. The third kappa shape index (κ3) is 6.98. The molecule has 0 N–H and O–H groups in total. The second-order valence-corrected chi connectivity index (χ2v) is 9.87. The minimum atomic E-state index is -4.91. The third-order valence-electron chi connectivity index (χ3n) is 7.20. The van der Waals surface area contributed by atoms with E-state index in [1.807, 2.05) is 54.6 Å². The Hall–Kier alpha value is -4.09. The summed E-state index contributed by atoms with van der Waals surface area (Å²) in [5, 5.41) is 0. The van der Waals surface area contributed by atoms with E-state index in [-0.39, 0.29) is 36.5 Å². The second-order valence-electron chi connectivity index (χ2n) is 9.87. The highest BCUT2D eigenvalue weighted by Crippen LogP contribution is 2.37. The number of morpholine rings is 1. The fourth-order valence-electron chi connectivity index (χ4n) is 4.98. The lowest BCUT2D eigenvalue weighted by atomic mass is 9.99. The molecule has 5 rings (SSSR count).